The summed E-state index contributed by atoms with van der Waals surface area (Å²) >= 11 is 0. The van der Waals surface area contributed by atoms with E-state index in [9.17, 15) is 14.7 Å². The van der Waals surface area contributed by atoms with E-state index < -0.39 is 18.1 Å². The van der Waals surface area contributed by atoms with Gasteiger partial charge in [0.1, 0.15) is 5.75 Å². The number of nitrogens with zero attached hydrogens (tertiary/aromatic N) is 2. The van der Waals surface area contributed by atoms with E-state index >= 15 is 0 Å². The van der Waals surface area contributed by atoms with Crippen molar-refractivity contribution in [3.8, 4) is 11.8 Å². The second kappa shape index (κ2) is 12.1. The Morgan fingerprint density at radius 3 is 2.37 bits per heavy atom. The molecule has 0 radical (unpaired) electrons. The molecular formula is C27H34N4O4. The SMILES string of the molecule is CC(C)CN(c1ccc(OC(C)C(=O)O)cc1NC(=O)Nc1ccc(C#N)cc1)C1CCCCC1. The molecule has 2 aromatic carbocycles. The van der Waals surface area contributed by atoms with Gasteiger partial charge in [0, 0.05) is 24.3 Å². The number of rotatable bonds is 9. The third kappa shape index (κ3) is 7.38. The zero-order chi connectivity index (χ0) is 25.4. The van der Waals surface area contributed by atoms with Crippen LogP contribution in [0, 0.1) is 17.2 Å². The minimum absolute atomic E-state index is 0.366. The second-order valence-electron chi connectivity index (χ2n) is 9.38. The van der Waals surface area contributed by atoms with Crippen LogP contribution in [0.5, 0.6) is 5.75 Å². The highest BCUT2D eigenvalue weighted by Gasteiger charge is 2.25. The molecule has 1 saturated carbocycles. The Balaban J connectivity index is 1.91. The molecule has 0 aliphatic heterocycles. The minimum Gasteiger partial charge on any atom is -0.479 e. The molecule has 0 saturated heterocycles. The average Bonchev–Trinajstić information content (AvgIpc) is 2.84. The molecule has 0 spiro atoms. The Bertz CT molecular complexity index is 1060. The summed E-state index contributed by atoms with van der Waals surface area (Å²) in [5, 5.41) is 23.9. The lowest BCUT2D eigenvalue weighted by Gasteiger charge is -2.38. The normalized spacial score (nSPS) is 14.6. The summed E-state index contributed by atoms with van der Waals surface area (Å²) in [6, 6.07) is 13.9. The minimum atomic E-state index is -1.06. The van der Waals surface area contributed by atoms with E-state index in [-0.39, 0.29) is 0 Å². The summed E-state index contributed by atoms with van der Waals surface area (Å²) in [7, 11) is 0. The smallest absolute Gasteiger partial charge is 0.344 e. The molecule has 186 valence electrons. The maximum Gasteiger partial charge on any atom is 0.344 e. The van der Waals surface area contributed by atoms with Gasteiger partial charge in [0.15, 0.2) is 6.10 Å². The van der Waals surface area contributed by atoms with Gasteiger partial charge < -0.3 is 25.4 Å². The summed E-state index contributed by atoms with van der Waals surface area (Å²) in [5.41, 5.74) is 2.50. The number of hydrogen-bond donors (Lipinski definition) is 3. The number of anilines is 3. The molecule has 1 unspecified atom stereocenters. The summed E-state index contributed by atoms with van der Waals surface area (Å²) in [6.45, 7) is 6.65. The highest BCUT2D eigenvalue weighted by Crippen LogP contribution is 2.36. The fraction of sp³-hybridized carbons (Fsp3) is 0.444. The van der Waals surface area contributed by atoms with Crippen LogP contribution in [-0.2, 0) is 4.79 Å². The van der Waals surface area contributed by atoms with E-state index in [4.69, 9.17) is 10.00 Å². The van der Waals surface area contributed by atoms with Gasteiger partial charge in [-0.25, -0.2) is 9.59 Å². The molecule has 0 aromatic heterocycles. The first kappa shape index (κ1) is 25.9. The van der Waals surface area contributed by atoms with Crippen molar-refractivity contribution in [2.75, 3.05) is 22.1 Å². The molecule has 3 N–H and O–H groups in total. The zero-order valence-electron chi connectivity index (χ0n) is 20.6. The first-order valence-corrected chi connectivity index (χ1v) is 12.1. The van der Waals surface area contributed by atoms with Crippen LogP contribution in [0.1, 0.15) is 58.4 Å². The Morgan fingerprint density at radius 1 is 1.09 bits per heavy atom. The van der Waals surface area contributed by atoms with E-state index in [0.717, 1.165) is 25.1 Å². The van der Waals surface area contributed by atoms with Gasteiger partial charge in [0.25, 0.3) is 0 Å². The Hall–Kier alpha value is -3.73. The number of benzene rings is 2. The van der Waals surface area contributed by atoms with Crippen LogP contribution >= 0.6 is 0 Å². The van der Waals surface area contributed by atoms with Crippen LogP contribution < -0.4 is 20.3 Å². The first-order valence-electron chi connectivity index (χ1n) is 12.1. The molecule has 1 fully saturated rings. The molecule has 1 aliphatic carbocycles. The Morgan fingerprint density at radius 2 is 1.77 bits per heavy atom. The average molecular weight is 479 g/mol. The highest BCUT2D eigenvalue weighted by atomic mass is 16.5. The first-order chi connectivity index (χ1) is 16.8. The van der Waals surface area contributed by atoms with E-state index in [2.05, 4.69) is 35.5 Å². The molecule has 8 heteroatoms. The fourth-order valence-corrected chi connectivity index (χ4v) is 4.34. The van der Waals surface area contributed by atoms with Crippen molar-refractivity contribution in [1.82, 2.24) is 0 Å². The number of carbonyl (C=O) groups is 2. The van der Waals surface area contributed by atoms with E-state index in [0.29, 0.717) is 34.6 Å². The zero-order valence-corrected chi connectivity index (χ0v) is 20.6. The number of carbonyl (C=O) groups excluding carboxylic acids is 1. The van der Waals surface area contributed by atoms with Crippen LogP contribution in [0.15, 0.2) is 42.5 Å². The van der Waals surface area contributed by atoms with E-state index in [1.807, 2.05) is 6.07 Å². The molecule has 2 aromatic rings. The van der Waals surface area contributed by atoms with Crippen molar-refractivity contribution in [2.24, 2.45) is 5.92 Å². The molecule has 0 heterocycles. The molecule has 2 amide bonds. The quantitative estimate of drug-likeness (QED) is 0.416. The summed E-state index contributed by atoms with van der Waals surface area (Å²) < 4.78 is 5.58. The number of carboxylic acid groups (broad SMARTS) is 1. The Kier molecular flexibility index (Phi) is 8.96. The maximum atomic E-state index is 12.9. The molecule has 0 bridgehead atoms. The summed E-state index contributed by atoms with van der Waals surface area (Å²) in [5.74, 6) is -0.281. The van der Waals surface area contributed by atoms with Gasteiger partial charge in [0.05, 0.1) is 23.0 Å². The predicted octanol–water partition coefficient (Wildman–Crippen LogP) is 5.85. The van der Waals surface area contributed by atoms with E-state index in [1.54, 1.807) is 36.4 Å². The van der Waals surface area contributed by atoms with Crippen LogP contribution in [0.2, 0.25) is 0 Å². The van der Waals surface area contributed by atoms with Crippen molar-refractivity contribution >= 4 is 29.1 Å². The third-order valence-electron chi connectivity index (χ3n) is 6.04. The lowest BCUT2D eigenvalue weighted by atomic mass is 9.93. The van der Waals surface area contributed by atoms with Gasteiger partial charge in [-0.15, -0.1) is 0 Å². The number of ether oxygens (including phenoxy) is 1. The molecule has 3 rings (SSSR count). The molecule has 35 heavy (non-hydrogen) atoms. The second-order valence-corrected chi connectivity index (χ2v) is 9.38. The standard InChI is InChI=1S/C27H34N4O4/c1-18(2)17-31(22-7-5-4-6-8-22)25-14-13-23(35-19(3)26(32)33)15-24(25)30-27(34)29-21-11-9-20(16-28)10-12-21/h9-15,18-19,22H,4-8,17H2,1-3H3,(H,32,33)(H2,29,30,34). The number of nitriles is 1. The number of hydrogen-bond acceptors (Lipinski definition) is 5. The lowest BCUT2D eigenvalue weighted by Crippen LogP contribution is -2.40. The van der Waals surface area contributed by atoms with Crippen LogP contribution in [0.3, 0.4) is 0 Å². The molecule has 1 aliphatic rings. The van der Waals surface area contributed by atoms with Crippen molar-refractivity contribution in [2.45, 2.75) is 65.0 Å². The van der Waals surface area contributed by atoms with Gasteiger partial charge in [-0.1, -0.05) is 33.1 Å². The van der Waals surface area contributed by atoms with Crippen LogP contribution in [-0.4, -0.2) is 35.8 Å². The molecule has 8 nitrogen and oxygen atoms in total. The number of urea groups is 1. The predicted molar refractivity (Wildman–Crippen MR) is 137 cm³/mol. The van der Waals surface area contributed by atoms with Gasteiger partial charge in [-0.3, -0.25) is 0 Å². The fourth-order valence-electron chi connectivity index (χ4n) is 4.34. The van der Waals surface area contributed by atoms with Crippen molar-refractivity contribution in [3.63, 3.8) is 0 Å². The number of aliphatic carboxylic acids is 1. The van der Waals surface area contributed by atoms with Gasteiger partial charge >= 0.3 is 12.0 Å². The molecular weight excluding hydrogens is 444 g/mol. The van der Waals surface area contributed by atoms with Gasteiger partial charge in [0.2, 0.25) is 0 Å². The number of nitrogens with one attached hydrogen (secondary N) is 2. The van der Waals surface area contributed by atoms with Crippen molar-refractivity contribution < 1.29 is 19.4 Å². The van der Waals surface area contributed by atoms with Gasteiger partial charge in [-0.2, -0.15) is 5.26 Å². The highest BCUT2D eigenvalue weighted by molar-refractivity contribution is 6.02. The van der Waals surface area contributed by atoms with Crippen LogP contribution in [0.25, 0.3) is 0 Å². The summed E-state index contributed by atoms with van der Waals surface area (Å²) in [6.07, 6.45) is 4.77. The van der Waals surface area contributed by atoms with Crippen molar-refractivity contribution in [3.05, 3.63) is 48.0 Å². The van der Waals surface area contributed by atoms with Gasteiger partial charge in [-0.05, 0) is 62.1 Å². The van der Waals surface area contributed by atoms with Crippen LogP contribution in [0.4, 0.5) is 21.9 Å². The van der Waals surface area contributed by atoms with E-state index in [1.165, 1.54) is 26.2 Å². The number of amides is 2. The lowest BCUT2D eigenvalue weighted by molar-refractivity contribution is -0.144. The monoisotopic (exact) mass is 478 g/mol. The third-order valence-corrected chi connectivity index (χ3v) is 6.04. The van der Waals surface area contributed by atoms with Crippen molar-refractivity contribution in [1.29, 1.82) is 5.26 Å². The Labute approximate surface area is 206 Å². The maximum absolute atomic E-state index is 12.9. The largest absolute Gasteiger partial charge is 0.479 e. The summed E-state index contributed by atoms with van der Waals surface area (Å²) in [4.78, 5) is 26.6. The topological polar surface area (TPSA) is 115 Å². The molecule has 1 atom stereocenters. The number of carboxylic acids is 1.